The number of amides is 2. The van der Waals surface area contributed by atoms with E-state index in [1.807, 2.05) is 0 Å². The molecular formula is C19H19Cl2FN2O3. The van der Waals surface area contributed by atoms with Crippen LogP contribution in [0.15, 0.2) is 36.4 Å². The van der Waals surface area contributed by atoms with Gasteiger partial charge in [0, 0.05) is 23.7 Å². The van der Waals surface area contributed by atoms with Gasteiger partial charge in [0.1, 0.15) is 11.6 Å². The van der Waals surface area contributed by atoms with Crippen molar-refractivity contribution in [3.63, 3.8) is 0 Å². The number of hydrogen-bond acceptors (Lipinski definition) is 3. The van der Waals surface area contributed by atoms with Crippen molar-refractivity contribution in [2.24, 2.45) is 0 Å². The summed E-state index contributed by atoms with van der Waals surface area (Å²) in [5.74, 6) is -0.877. The summed E-state index contributed by atoms with van der Waals surface area (Å²) in [5, 5.41) is 6.02. The summed E-state index contributed by atoms with van der Waals surface area (Å²) in [5.41, 5.74) is 0.687. The number of carbonyl (C=O) groups is 2. The van der Waals surface area contributed by atoms with Crippen LogP contribution >= 0.6 is 23.2 Å². The Morgan fingerprint density at radius 3 is 2.48 bits per heavy atom. The van der Waals surface area contributed by atoms with E-state index in [2.05, 4.69) is 10.6 Å². The second kappa shape index (κ2) is 9.58. The Balaban J connectivity index is 1.76. The molecule has 0 saturated carbocycles. The zero-order chi connectivity index (χ0) is 20.0. The molecule has 0 aromatic heterocycles. The zero-order valence-corrected chi connectivity index (χ0v) is 16.3. The number of aryl methyl sites for hydroxylation is 1. The molecule has 0 radical (unpaired) electrons. The lowest BCUT2D eigenvalue weighted by Gasteiger charge is -2.16. The van der Waals surface area contributed by atoms with Gasteiger partial charge in [-0.2, -0.15) is 0 Å². The molecule has 1 unspecified atom stereocenters. The maximum Gasteiger partial charge on any atom is 0.260 e. The minimum Gasteiger partial charge on any atom is -0.479 e. The van der Waals surface area contributed by atoms with Gasteiger partial charge in [0.15, 0.2) is 6.10 Å². The molecule has 0 aliphatic heterocycles. The molecule has 2 N–H and O–H groups in total. The van der Waals surface area contributed by atoms with E-state index in [4.69, 9.17) is 27.9 Å². The molecule has 0 fully saturated rings. The number of benzene rings is 2. The second-order valence-corrected chi connectivity index (χ2v) is 6.69. The third kappa shape index (κ3) is 6.12. The summed E-state index contributed by atoms with van der Waals surface area (Å²) in [6.07, 6.45) is -0.787. The van der Waals surface area contributed by atoms with Crippen molar-refractivity contribution in [3.8, 4) is 5.75 Å². The minimum atomic E-state index is -0.787. The van der Waals surface area contributed by atoms with Gasteiger partial charge in [-0.3, -0.25) is 9.59 Å². The molecule has 2 aromatic rings. The lowest BCUT2D eigenvalue weighted by atomic mass is 10.1. The van der Waals surface area contributed by atoms with Gasteiger partial charge in [-0.15, -0.1) is 0 Å². The summed E-state index contributed by atoms with van der Waals surface area (Å²) >= 11 is 11.8. The summed E-state index contributed by atoms with van der Waals surface area (Å²) in [6.45, 7) is 3.58. The molecule has 144 valence electrons. The van der Waals surface area contributed by atoms with E-state index in [1.165, 1.54) is 24.3 Å². The molecule has 2 rings (SSSR count). The van der Waals surface area contributed by atoms with E-state index in [0.717, 1.165) is 0 Å². The molecule has 2 aromatic carbocycles. The normalized spacial score (nSPS) is 11.6. The maximum absolute atomic E-state index is 13.5. The van der Waals surface area contributed by atoms with Crippen molar-refractivity contribution in [1.29, 1.82) is 0 Å². The van der Waals surface area contributed by atoms with Crippen LogP contribution in [0.2, 0.25) is 10.0 Å². The Morgan fingerprint density at radius 2 is 1.81 bits per heavy atom. The molecule has 0 heterocycles. The second-order valence-electron chi connectivity index (χ2n) is 5.85. The van der Waals surface area contributed by atoms with Crippen LogP contribution in [0, 0.1) is 12.7 Å². The SMILES string of the molecule is Cc1ccc(C(=O)NCCNC(=O)C(C)Oc2ccc(Cl)cc2Cl)cc1F. The average molecular weight is 413 g/mol. The molecule has 5 nitrogen and oxygen atoms in total. The average Bonchev–Trinajstić information content (AvgIpc) is 2.62. The van der Waals surface area contributed by atoms with Gasteiger partial charge in [-0.05, 0) is 49.7 Å². The van der Waals surface area contributed by atoms with Crippen molar-refractivity contribution in [3.05, 3.63) is 63.4 Å². The highest BCUT2D eigenvalue weighted by molar-refractivity contribution is 6.35. The van der Waals surface area contributed by atoms with Crippen LogP contribution in [0.1, 0.15) is 22.8 Å². The first-order valence-corrected chi connectivity index (χ1v) is 8.97. The zero-order valence-electron chi connectivity index (χ0n) is 14.8. The van der Waals surface area contributed by atoms with E-state index in [0.29, 0.717) is 21.4 Å². The lowest BCUT2D eigenvalue weighted by molar-refractivity contribution is -0.127. The van der Waals surface area contributed by atoms with Crippen molar-refractivity contribution in [2.75, 3.05) is 13.1 Å². The molecule has 0 saturated heterocycles. The molecule has 0 aliphatic rings. The largest absolute Gasteiger partial charge is 0.479 e. The number of halogens is 3. The first-order valence-electron chi connectivity index (χ1n) is 8.21. The van der Waals surface area contributed by atoms with Gasteiger partial charge in [0.25, 0.3) is 11.8 Å². The van der Waals surface area contributed by atoms with Crippen LogP contribution in [0.5, 0.6) is 5.75 Å². The van der Waals surface area contributed by atoms with Crippen LogP contribution in [-0.2, 0) is 4.79 Å². The van der Waals surface area contributed by atoms with Crippen molar-refractivity contribution >= 4 is 35.0 Å². The molecule has 27 heavy (non-hydrogen) atoms. The quantitative estimate of drug-likeness (QED) is 0.680. The van der Waals surface area contributed by atoms with Gasteiger partial charge >= 0.3 is 0 Å². The molecule has 0 bridgehead atoms. The van der Waals surface area contributed by atoms with Crippen LogP contribution in [-0.4, -0.2) is 31.0 Å². The van der Waals surface area contributed by atoms with Gasteiger partial charge in [-0.25, -0.2) is 4.39 Å². The molecule has 0 spiro atoms. The molecule has 8 heteroatoms. The van der Waals surface area contributed by atoms with Crippen molar-refractivity contribution in [1.82, 2.24) is 10.6 Å². The molecular weight excluding hydrogens is 394 g/mol. The Bertz CT molecular complexity index is 846. The smallest absolute Gasteiger partial charge is 0.260 e. The Kier molecular flexibility index (Phi) is 7.45. The van der Waals surface area contributed by atoms with E-state index in [1.54, 1.807) is 26.0 Å². The third-order valence-corrected chi connectivity index (χ3v) is 4.24. The van der Waals surface area contributed by atoms with Crippen LogP contribution in [0.3, 0.4) is 0 Å². The van der Waals surface area contributed by atoms with E-state index >= 15 is 0 Å². The van der Waals surface area contributed by atoms with Crippen molar-refractivity contribution < 1.29 is 18.7 Å². The summed E-state index contributed by atoms with van der Waals surface area (Å²) in [6, 6.07) is 8.96. The topological polar surface area (TPSA) is 67.4 Å². The Morgan fingerprint density at radius 1 is 1.11 bits per heavy atom. The number of hydrogen-bond donors (Lipinski definition) is 2. The predicted octanol–water partition coefficient (Wildman–Crippen LogP) is 3.75. The number of nitrogens with one attached hydrogen (secondary N) is 2. The van der Waals surface area contributed by atoms with Gasteiger partial charge < -0.3 is 15.4 Å². The monoisotopic (exact) mass is 412 g/mol. The van der Waals surface area contributed by atoms with E-state index < -0.39 is 17.8 Å². The van der Waals surface area contributed by atoms with Crippen LogP contribution in [0.25, 0.3) is 0 Å². The highest BCUT2D eigenvalue weighted by atomic mass is 35.5. The number of ether oxygens (including phenoxy) is 1. The minimum absolute atomic E-state index is 0.189. The lowest BCUT2D eigenvalue weighted by Crippen LogP contribution is -2.40. The summed E-state index contributed by atoms with van der Waals surface area (Å²) < 4.78 is 19.0. The fraction of sp³-hybridized carbons (Fsp3) is 0.263. The van der Waals surface area contributed by atoms with Crippen LogP contribution in [0.4, 0.5) is 4.39 Å². The highest BCUT2D eigenvalue weighted by Crippen LogP contribution is 2.28. The molecule has 0 aliphatic carbocycles. The van der Waals surface area contributed by atoms with Crippen molar-refractivity contribution in [2.45, 2.75) is 20.0 Å². The standard InChI is InChI=1S/C19H19Cl2FN2O3/c1-11-3-4-13(9-16(11)22)19(26)24-8-7-23-18(25)12(2)27-17-6-5-14(20)10-15(17)21/h3-6,9-10,12H,7-8H2,1-2H3,(H,23,25)(H,24,26). The number of rotatable bonds is 7. The first kappa shape index (κ1) is 21.0. The van der Waals surface area contributed by atoms with Crippen LogP contribution < -0.4 is 15.4 Å². The van der Waals surface area contributed by atoms with Gasteiger partial charge in [0.2, 0.25) is 0 Å². The fourth-order valence-corrected chi connectivity index (χ4v) is 2.61. The van der Waals surface area contributed by atoms with E-state index in [-0.39, 0.29) is 24.6 Å². The fourth-order valence-electron chi connectivity index (χ4n) is 2.16. The molecule has 1 atom stereocenters. The van der Waals surface area contributed by atoms with Gasteiger partial charge in [0.05, 0.1) is 5.02 Å². The van der Waals surface area contributed by atoms with Gasteiger partial charge in [-0.1, -0.05) is 29.3 Å². The third-order valence-electron chi connectivity index (χ3n) is 3.71. The Hall–Kier alpha value is -2.31. The predicted molar refractivity (Wildman–Crippen MR) is 103 cm³/mol. The van der Waals surface area contributed by atoms with E-state index in [9.17, 15) is 14.0 Å². The summed E-state index contributed by atoms with van der Waals surface area (Å²) in [7, 11) is 0. The maximum atomic E-state index is 13.5. The number of carbonyl (C=O) groups excluding carboxylic acids is 2. The molecule has 2 amide bonds. The Labute approximate surface area is 166 Å². The summed E-state index contributed by atoms with van der Waals surface area (Å²) in [4.78, 5) is 24.0. The highest BCUT2D eigenvalue weighted by Gasteiger charge is 2.16. The first-order chi connectivity index (χ1) is 12.8.